The van der Waals surface area contributed by atoms with E-state index in [0.717, 1.165) is 51.1 Å². The number of nitrogens with one attached hydrogen (secondary N) is 1. The minimum atomic E-state index is -0.599. The molecule has 1 saturated heterocycles. The summed E-state index contributed by atoms with van der Waals surface area (Å²) in [5, 5.41) is 2.99. The zero-order chi connectivity index (χ0) is 22.0. The predicted octanol–water partition coefficient (Wildman–Crippen LogP) is 3.10. The first-order valence-electron chi connectivity index (χ1n) is 10.6. The standard InChI is InChI=1S/C22H27ClFN5O2/c1-25-21(30)18-7-8-19(20(24)26-18)29-11-9-28(10-12-29)15-4-3-14(13-15)17-6-5-16(23)22(27-17)31-2/h5-8,14-15H,3-4,9-13H2,1-2H3,(H,25,30). The monoisotopic (exact) mass is 447 g/mol. The quantitative estimate of drug-likeness (QED) is 0.710. The van der Waals surface area contributed by atoms with Gasteiger partial charge in [-0.25, -0.2) is 9.97 Å². The first kappa shape index (κ1) is 21.8. The Morgan fingerprint density at radius 3 is 2.61 bits per heavy atom. The molecule has 2 aliphatic rings. The minimum Gasteiger partial charge on any atom is -0.480 e. The fourth-order valence-electron chi connectivity index (χ4n) is 4.61. The van der Waals surface area contributed by atoms with Crippen LogP contribution in [-0.4, -0.2) is 67.2 Å². The number of hydrogen-bond donors (Lipinski definition) is 1. The second kappa shape index (κ2) is 9.36. The first-order valence-corrected chi connectivity index (χ1v) is 11.0. The number of methoxy groups -OCH3 is 1. The van der Waals surface area contributed by atoms with Crippen molar-refractivity contribution >= 4 is 23.2 Å². The van der Waals surface area contributed by atoms with Gasteiger partial charge in [0.25, 0.3) is 5.91 Å². The van der Waals surface area contributed by atoms with Crippen molar-refractivity contribution in [3.8, 4) is 5.88 Å². The van der Waals surface area contributed by atoms with E-state index in [4.69, 9.17) is 16.3 Å². The summed E-state index contributed by atoms with van der Waals surface area (Å²) in [6.45, 7) is 3.19. The maximum Gasteiger partial charge on any atom is 0.269 e. The Morgan fingerprint density at radius 1 is 1.16 bits per heavy atom. The Kier molecular flexibility index (Phi) is 6.57. The van der Waals surface area contributed by atoms with E-state index in [0.29, 0.717) is 28.5 Å². The molecule has 1 saturated carbocycles. The molecule has 0 aromatic carbocycles. The van der Waals surface area contributed by atoms with E-state index in [1.165, 1.54) is 7.05 Å². The summed E-state index contributed by atoms with van der Waals surface area (Å²) in [5.74, 6) is -0.112. The lowest BCUT2D eigenvalue weighted by atomic mass is 10.0. The third-order valence-electron chi connectivity index (χ3n) is 6.31. The maximum absolute atomic E-state index is 14.5. The molecule has 2 unspecified atom stereocenters. The number of piperazine rings is 1. The van der Waals surface area contributed by atoms with E-state index in [2.05, 4.69) is 20.2 Å². The van der Waals surface area contributed by atoms with Crippen molar-refractivity contribution < 1.29 is 13.9 Å². The van der Waals surface area contributed by atoms with Gasteiger partial charge in [-0.3, -0.25) is 9.69 Å². The molecule has 4 rings (SSSR count). The molecule has 9 heteroatoms. The van der Waals surface area contributed by atoms with Gasteiger partial charge in [-0.15, -0.1) is 0 Å². The number of anilines is 1. The van der Waals surface area contributed by atoms with Gasteiger partial charge >= 0.3 is 0 Å². The van der Waals surface area contributed by atoms with Gasteiger partial charge in [-0.1, -0.05) is 11.6 Å². The van der Waals surface area contributed by atoms with Crippen LogP contribution in [0.5, 0.6) is 5.88 Å². The molecule has 2 atom stereocenters. The van der Waals surface area contributed by atoms with Gasteiger partial charge in [0.05, 0.1) is 12.8 Å². The fraction of sp³-hybridized carbons (Fsp3) is 0.500. The smallest absolute Gasteiger partial charge is 0.269 e. The summed E-state index contributed by atoms with van der Waals surface area (Å²) in [7, 11) is 3.08. The predicted molar refractivity (Wildman–Crippen MR) is 118 cm³/mol. The van der Waals surface area contributed by atoms with E-state index < -0.39 is 5.95 Å². The average molecular weight is 448 g/mol. The number of aromatic nitrogens is 2. The normalized spacial score (nSPS) is 21.9. The number of rotatable bonds is 5. The highest BCUT2D eigenvalue weighted by Gasteiger charge is 2.33. The Morgan fingerprint density at radius 2 is 1.94 bits per heavy atom. The highest BCUT2D eigenvalue weighted by Crippen LogP contribution is 2.38. The summed E-state index contributed by atoms with van der Waals surface area (Å²) in [6.07, 6.45) is 3.25. The molecular formula is C22H27ClFN5O2. The zero-order valence-corrected chi connectivity index (χ0v) is 18.5. The van der Waals surface area contributed by atoms with Crippen LogP contribution in [0.2, 0.25) is 5.02 Å². The van der Waals surface area contributed by atoms with Crippen molar-refractivity contribution in [3.63, 3.8) is 0 Å². The Bertz CT molecular complexity index is 951. The van der Waals surface area contributed by atoms with Crippen molar-refractivity contribution in [3.05, 3.63) is 46.6 Å². The largest absolute Gasteiger partial charge is 0.480 e. The summed E-state index contributed by atoms with van der Waals surface area (Å²) >= 11 is 6.11. The molecule has 31 heavy (non-hydrogen) atoms. The third-order valence-corrected chi connectivity index (χ3v) is 6.60. The molecule has 2 aromatic rings. The number of amides is 1. The maximum atomic E-state index is 14.5. The first-order chi connectivity index (χ1) is 15.0. The van der Waals surface area contributed by atoms with Crippen LogP contribution in [0.1, 0.15) is 41.4 Å². The van der Waals surface area contributed by atoms with Gasteiger partial charge in [-0.05, 0) is 43.5 Å². The van der Waals surface area contributed by atoms with Gasteiger partial charge in [-0.2, -0.15) is 4.39 Å². The summed E-state index contributed by atoms with van der Waals surface area (Å²) in [6, 6.07) is 7.56. The molecule has 1 aliphatic carbocycles. The Hall–Kier alpha value is -2.45. The third kappa shape index (κ3) is 4.60. The second-order valence-corrected chi connectivity index (χ2v) is 8.41. The van der Waals surface area contributed by atoms with Crippen molar-refractivity contribution in [1.82, 2.24) is 20.2 Å². The molecule has 0 bridgehead atoms. The molecule has 2 fully saturated rings. The number of ether oxygens (including phenoxy) is 1. The molecule has 1 aliphatic heterocycles. The van der Waals surface area contributed by atoms with Gasteiger partial charge in [0, 0.05) is 50.9 Å². The van der Waals surface area contributed by atoms with Crippen LogP contribution in [-0.2, 0) is 0 Å². The van der Waals surface area contributed by atoms with Crippen molar-refractivity contribution in [2.75, 3.05) is 45.2 Å². The number of hydrogen-bond acceptors (Lipinski definition) is 6. The van der Waals surface area contributed by atoms with Crippen LogP contribution >= 0.6 is 11.6 Å². The van der Waals surface area contributed by atoms with E-state index in [-0.39, 0.29) is 11.6 Å². The summed E-state index contributed by atoms with van der Waals surface area (Å²) in [5.41, 5.74) is 1.58. The number of carbonyl (C=O) groups excluding carboxylic acids is 1. The van der Waals surface area contributed by atoms with Gasteiger partial charge < -0.3 is 15.0 Å². The van der Waals surface area contributed by atoms with Crippen LogP contribution in [0.25, 0.3) is 0 Å². The Balaban J connectivity index is 1.35. The molecule has 0 spiro atoms. The van der Waals surface area contributed by atoms with Crippen LogP contribution < -0.4 is 15.0 Å². The number of pyridine rings is 2. The van der Waals surface area contributed by atoms with Crippen molar-refractivity contribution in [2.24, 2.45) is 0 Å². The van der Waals surface area contributed by atoms with E-state index >= 15 is 0 Å². The van der Waals surface area contributed by atoms with E-state index in [1.54, 1.807) is 19.2 Å². The highest BCUT2D eigenvalue weighted by atomic mass is 35.5. The van der Waals surface area contributed by atoms with Crippen LogP contribution in [0.15, 0.2) is 24.3 Å². The van der Waals surface area contributed by atoms with Gasteiger partial charge in [0.1, 0.15) is 10.7 Å². The lowest BCUT2D eigenvalue weighted by molar-refractivity contribution is 0.0957. The number of carbonyl (C=O) groups is 1. The average Bonchev–Trinajstić information content (AvgIpc) is 3.29. The fourth-order valence-corrected chi connectivity index (χ4v) is 4.79. The summed E-state index contributed by atoms with van der Waals surface area (Å²) in [4.78, 5) is 24.5. The lowest BCUT2D eigenvalue weighted by Gasteiger charge is -2.39. The number of halogens is 2. The number of nitrogens with zero attached hydrogens (tertiary/aromatic N) is 4. The topological polar surface area (TPSA) is 70.6 Å². The molecule has 2 aromatic heterocycles. The SMILES string of the molecule is CNC(=O)c1ccc(N2CCN(C3CCC(c4ccc(Cl)c(OC)n4)C3)CC2)c(F)n1. The van der Waals surface area contributed by atoms with Gasteiger partial charge in [0.2, 0.25) is 11.8 Å². The zero-order valence-electron chi connectivity index (χ0n) is 17.8. The lowest BCUT2D eigenvalue weighted by Crippen LogP contribution is -2.50. The van der Waals surface area contributed by atoms with Crippen molar-refractivity contribution in [2.45, 2.75) is 31.2 Å². The molecule has 3 heterocycles. The summed E-state index contributed by atoms with van der Waals surface area (Å²) < 4.78 is 19.7. The van der Waals surface area contributed by atoms with Crippen molar-refractivity contribution in [1.29, 1.82) is 0 Å². The molecule has 1 amide bonds. The minimum absolute atomic E-state index is 0.0897. The van der Waals surface area contributed by atoms with E-state index in [1.807, 2.05) is 17.0 Å². The molecular weight excluding hydrogens is 421 g/mol. The van der Waals surface area contributed by atoms with Crippen LogP contribution in [0.3, 0.4) is 0 Å². The van der Waals surface area contributed by atoms with E-state index in [9.17, 15) is 9.18 Å². The highest BCUT2D eigenvalue weighted by molar-refractivity contribution is 6.31. The molecule has 1 N–H and O–H groups in total. The Labute approximate surface area is 186 Å². The second-order valence-electron chi connectivity index (χ2n) is 8.00. The van der Waals surface area contributed by atoms with Crippen LogP contribution in [0, 0.1) is 5.95 Å². The van der Waals surface area contributed by atoms with Gasteiger partial charge in [0.15, 0.2) is 0 Å². The molecule has 0 radical (unpaired) electrons. The van der Waals surface area contributed by atoms with Crippen LogP contribution in [0.4, 0.5) is 10.1 Å². The molecule has 166 valence electrons. The molecule has 7 nitrogen and oxygen atoms in total.